The van der Waals surface area contributed by atoms with Crippen LogP contribution in [0.1, 0.15) is 61.0 Å². The zero-order chi connectivity index (χ0) is 27.1. The van der Waals surface area contributed by atoms with E-state index in [1.54, 1.807) is 0 Å². The summed E-state index contributed by atoms with van der Waals surface area (Å²) in [6.07, 6.45) is 0.823. The Labute approximate surface area is 229 Å². The molecule has 2 bridgehead atoms. The van der Waals surface area contributed by atoms with Crippen LogP contribution in [0.3, 0.4) is 0 Å². The fraction of sp³-hybridized carbons (Fsp3) is 0.394. The molecule has 2 heterocycles. The van der Waals surface area contributed by atoms with Gasteiger partial charge in [-0.25, -0.2) is 4.79 Å². The van der Waals surface area contributed by atoms with E-state index in [0.717, 1.165) is 5.75 Å². The molecular formula is C33H35NO5. The number of fused-ring (bicyclic) bond motifs is 5. The van der Waals surface area contributed by atoms with E-state index in [1.807, 2.05) is 74.2 Å². The number of ketones is 1. The minimum atomic E-state index is -0.315. The van der Waals surface area contributed by atoms with E-state index in [-0.39, 0.29) is 48.0 Å². The monoisotopic (exact) mass is 525 g/mol. The van der Waals surface area contributed by atoms with Crippen LogP contribution in [-0.2, 0) is 9.47 Å². The van der Waals surface area contributed by atoms with E-state index >= 15 is 0 Å². The molecule has 2 unspecified atom stereocenters. The van der Waals surface area contributed by atoms with E-state index in [0.29, 0.717) is 31.6 Å². The summed E-state index contributed by atoms with van der Waals surface area (Å²) >= 11 is 0. The summed E-state index contributed by atoms with van der Waals surface area (Å²) in [7, 11) is 0. The number of ether oxygens (including phenoxy) is 3. The molecule has 2 saturated heterocycles. The van der Waals surface area contributed by atoms with Crippen molar-refractivity contribution in [3.05, 3.63) is 89.5 Å². The number of nitrogens with zero attached hydrogens (tertiary/aromatic N) is 1. The van der Waals surface area contributed by atoms with Crippen LogP contribution in [0.2, 0.25) is 0 Å². The molecule has 6 rings (SSSR count). The van der Waals surface area contributed by atoms with Crippen molar-refractivity contribution in [1.29, 1.82) is 0 Å². The van der Waals surface area contributed by atoms with Gasteiger partial charge in [0.1, 0.15) is 18.0 Å². The van der Waals surface area contributed by atoms with Crippen LogP contribution in [-0.4, -0.2) is 54.3 Å². The van der Waals surface area contributed by atoms with Gasteiger partial charge in [-0.2, -0.15) is 0 Å². The molecule has 0 radical (unpaired) electrons. The van der Waals surface area contributed by atoms with Crippen molar-refractivity contribution in [3.63, 3.8) is 0 Å². The lowest BCUT2D eigenvalue weighted by molar-refractivity contribution is -0.0747. The Kier molecular flexibility index (Phi) is 6.67. The molecule has 0 aromatic heterocycles. The van der Waals surface area contributed by atoms with Gasteiger partial charge in [-0.05, 0) is 80.1 Å². The molecular weight excluding hydrogens is 490 g/mol. The fourth-order valence-corrected chi connectivity index (χ4v) is 6.37. The smallest absolute Gasteiger partial charge is 0.410 e. The maximum absolute atomic E-state index is 13.4. The molecule has 202 valence electrons. The van der Waals surface area contributed by atoms with Gasteiger partial charge in [0, 0.05) is 17.4 Å². The predicted molar refractivity (Wildman–Crippen MR) is 149 cm³/mol. The first kappa shape index (κ1) is 25.6. The zero-order valence-corrected chi connectivity index (χ0v) is 22.8. The van der Waals surface area contributed by atoms with Crippen LogP contribution in [0.15, 0.2) is 72.8 Å². The first-order chi connectivity index (χ1) is 18.8. The van der Waals surface area contributed by atoms with Crippen molar-refractivity contribution in [3.8, 4) is 16.9 Å². The number of hydrogen-bond acceptors (Lipinski definition) is 5. The predicted octanol–water partition coefficient (Wildman–Crippen LogP) is 6.48. The minimum absolute atomic E-state index is 0.0155. The molecule has 6 heteroatoms. The molecule has 2 atom stereocenters. The summed E-state index contributed by atoms with van der Waals surface area (Å²) in [5.41, 5.74) is 5.18. The van der Waals surface area contributed by atoms with E-state index in [1.165, 1.54) is 22.3 Å². The molecule has 3 aliphatic rings. The number of carbonyl (C=O) groups is 2. The van der Waals surface area contributed by atoms with Crippen LogP contribution in [0.5, 0.6) is 5.75 Å². The zero-order valence-electron chi connectivity index (χ0n) is 22.8. The Balaban J connectivity index is 1.12. The SMILES string of the molecule is CC(C)(C)Oc1ccc(C(=O)C2CC3COCC(C2)N3C(=O)OCC2c3ccccc3-c3ccccc32)cc1. The Morgan fingerprint density at radius 1 is 0.846 bits per heavy atom. The third kappa shape index (κ3) is 5.06. The summed E-state index contributed by atoms with van der Waals surface area (Å²) in [4.78, 5) is 28.7. The van der Waals surface area contributed by atoms with Crippen molar-refractivity contribution in [2.24, 2.45) is 5.92 Å². The van der Waals surface area contributed by atoms with E-state index < -0.39 is 0 Å². The Bertz CT molecular complexity index is 1320. The Hall–Kier alpha value is -3.64. The summed E-state index contributed by atoms with van der Waals surface area (Å²) in [5.74, 6) is 0.716. The number of morpholine rings is 1. The molecule has 2 fully saturated rings. The minimum Gasteiger partial charge on any atom is -0.488 e. The summed E-state index contributed by atoms with van der Waals surface area (Å²) in [6, 6.07) is 23.7. The topological polar surface area (TPSA) is 65.1 Å². The number of hydrogen-bond donors (Lipinski definition) is 0. The highest BCUT2D eigenvalue weighted by molar-refractivity contribution is 5.98. The average molecular weight is 526 g/mol. The summed E-state index contributed by atoms with van der Waals surface area (Å²) < 4.78 is 17.7. The van der Waals surface area contributed by atoms with Gasteiger partial charge in [0.2, 0.25) is 0 Å². The lowest BCUT2D eigenvalue weighted by Gasteiger charge is -2.47. The van der Waals surface area contributed by atoms with Gasteiger partial charge in [-0.1, -0.05) is 48.5 Å². The Morgan fingerprint density at radius 3 is 1.97 bits per heavy atom. The van der Waals surface area contributed by atoms with Crippen molar-refractivity contribution in [1.82, 2.24) is 4.90 Å². The first-order valence-electron chi connectivity index (χ1n) is 13.8. The molecule has 6 nitrogen and oxygen atoms in total. The van der Waals surface area contributed by atoms with Crippen molar-refractivity contribution < 1.29 is 23.8 Å². The molecule has 2 aliphatic heterocycles. The van der Waals surface area contributed by atoms with Crippen molar-refractivity contribution in [2.75, 3.05) is 19.8 Å². The van der Waals surface area contributed by atoms with Gasteiger partial charge in [0.15, 0.2) is 5.78 Å². The fourth-order valence-electron chi connectivity index (χ4n) is 6.37. The van der Waals surface area contributed by atoms with Gasteiger partial charge in [-0.3, -0.25) is 9.69 Å². The normalized spacial score (nSPS) is 22.1. The number of amides is 1. The molecule has 39 heavy (non-hydrogen) atoms. The molecule has 0 spiro atoms. The van der Waals surface area contributed by atoms with Gasteiger partial charge in [-0.15, -0.1) is 0 Å². The van der Waals surface area contributed by atoms with Crippen LogP contribution >= 0.6 is 0 Å². The standard InChI is InChI=1S/C33H35NO5/c1-33(2,3)39-25-14-12-21(13-15-25)31(35)22-16-23-18-37-19-24(17-22)34(23)32(36)38-20-30-28-10-6-4-8-26(28)27-9-5-7-11-29(27)30/h4-15,22-24,30H,16-20H2,1-3H3. The number of Topliss-reactive ketones (excluding diaryl/α,β-unsaturated/α-hetero) is 1. The van der Waals surface area contributed by atoms with Crippen LogP contribution < -0.4 is 4.74 Å². The maximum Gasteiger partial charge on any atom is 0.410 e. The van der Waals surface area contributed by atoms with Crippen LogP contribution in [0.4, 0.5) is 4.79 Å². The molecule has 0 N–H and O–H groups in total. The lowest BCUT2D eigenvalue weighted by atomic mass is 9.81. The third-order valence-corrected chi connectivity index (χ3v) is 8.00. The molecule has 3 aromatic carbocycles. The quantitative estimate of drug-likeness (QED) is 0.357. The third-order valence-electron chi connectivity index (χ3n) is 8.00. The highest BCUT2D eigenvalue weighted by Gasteiger charge is 2.45. The van der Waals surface area contributed by atoms with Gasteiger partial charge < -0.3 is 14.2 Å². The molecule has 1 amide bonds. The van der Waals surface area contributed by atoms with Gasteiger partial charge in [0.05, 0.1) is 25.3 Å². The number of rotatable bonds is 5. The summed E-state index contributed by atoms with van der Waals surface area (Å²) in [5, 5.41) is 0. The second-order valence-corrected chi connectivity index (χ2v) is 11.8. The first-order valence-corrected chi connectivity index (χ1v) is 13.8. The van der Waals surface area contributed by atoms with Gasteiger partial charge in [0.25, 0.3) is 0 Å². The number of piperidine rings is 1. The van der Waals surface area contributed by atoms with Gasteiger partial charge >= 0.3 is 6.09 Å². The highest BCUT2D eigenvalue weighted by atomic mass is 16.6. The lowest BCUT2D eigenvalue weighted by Crippen LogP contribution is -2.60. The number of carbonyl (C=O) groups excluding carboxylic acids is 2. The largest absolute Gasteiger partial charge is 0.488 e. The Morgan fingerprint density at radius 2 is 1.41 bits per heavy atom. The highest BCUT2D eigenvalue weighted by Crippen LogP contribution is 2.45. The van der Waals surface area contributed by atoms with E-state index in [2.05, 4.69) is 24.3 Å². The average Bonchev–Trinajstić information content (AvgIpc) is 3.24. The van der Waals surface area contributed by atoms with Crippen LogP contribution in [0, 0.1) is 5.92 Å². The molecule has 0 saturated carbocycles. The van der Waals surface area contributed by atoms with E-state index in [9.17, 15) is 9.59 Å². The van der Waals surface area contributed by atoms with Crippen molar-refractivity contribution >= 4 is 11.9 Å². The van der Waals surface area contributed by atoms with Crippen LogP contribution in [0.25, 0.3) is 11.1 Å². The summed E-state index contributed by atoms with van der Waals surface area (Å²) in [6.45, 7) is 7.12. The second-order valence-electron chi connectivity index (χ2n) is 11.8. The molecule has 3 aromatic rings. The van der Waals surface area contributed by atoms with E-state index in [4.69, 9.17) is 14.2 Å². The number of benzene rings is 3. The molecule has 1 aliphatic carbocycles. The maximum atomic E-state index is 13.4. The second kappa shape index (κ2) is 10.2. The van der Waals surface area contributed by atoms with Crippen molar-refractivity contribution in [2.45, 2.75) is 57.2 Å².